The molecule has 1 N–H and O–H groups in total. The van der Waals surface area contributed by atoms with Gasteiger partial charge in [0.1, 0.15) is 0 Å². The monoisotopic (exact) mass is 371 g/mol. The van der Waals surface area contributed by atoms with Crippen molar-refractivity contribution in [3.63, 3.8) is 0 Å². The van der Waals surface area contributed by atoms with Gasteiger partial charge in [-0.1, -0.05) is 54.1 Å². The van der Waals surface area contributed by atoms with Crippen LogP contribution in [0.1, 0.15) is 24.5 Å². The van der Waals surface area contributed by atoms with Crippen molar-refractivity contribution in [3.05, 3.63) is 76.8 Å². The topological polar surface area (TPSA) is 55.4 Å². The van der Waals surface area contributed by atoms with Gasteiger partial charge in [-0.2, -0.15) is 0 Å². The molecule has 2 aromatic carbocycles. The minimum Gasteiger partial charge on any atom is -0.452 e. The third-order valence-corrected chi connectivity index (χ3v) is 3.96. The molecular weight excluding hydrogens is 350 g/mol. The zero-order valence-electron chi connectivity index (χ0n) is 14.7. The smallest absolute Gasteiger partial charge is 0.331 e. The molecular formula is C21H22ClNO3. The molecule has 0 bridgehead atoms. The summed E-state index contributed by atoms with van der Waals surface area (Å²) in [4.78, 5) is 23.5. The molecule has 2 rings (SSSR count). The van der Waals surface area contributed by atoms with Gasteiger partial charge in [0.05, 0.1) is 0 Å². The van der Waals surface area contributed by atoms with Gasteiger partial charge in [0.15, 0.2) is 6.61 Å². The number of carbonyl (C=O) groups excluding carboxylic acids is 2. The molecule has 0 saturated carbocycles. The summed E-state index contributed by atoms with van der Waals surface area (Å²) in [6.07, 6.45) is 4.56. The Hall–Kier alpha value is -2.59. The number of esters is 1. The lowest BCUT2D eigenvalue weighted by Crippen LogP contribution is -2.36. The van der Waals surface area contributed by atoms with E-state index in [1.54, 1.807) is 24.3 Å². The lowest BCUT2D eigenvalue weighted by Gasteiger charge is -2.13. The Morgan fingerprint density at radius 3 is 2.65 bits per heavy atom. The van der Waals surface area contributed by atoms with Crippen molar-refractivity contribution in [1.29, 1.82) is 0 Å². The number of rotatable bonds is 8. The van der Waals surface area contributed by atoms with Gasteiger partial charge in [0.2, 0.25) is 0 Å². The fourth-order valence-electron chi connectivity index (χ4n) is 2.38. The van der Waals surface area contributed by atoms with Crippen molar-refractivity contribution in [1.82, 2.24) is 5.32 Å². The first-order valence-electron chi connectivity index (χ1n) is 8.46. The van der Waals surface area contributed by atoms with Gasteiger partial charge in [-0.15, -0.1) is 0 Å². The summed E-state index contributed by atoms with van der Waals surface area (Å²) in [5.74, 6) is -0.882. The molecule has 0 fully saturated rings. The van der Waals surface area contributed by atoms with Crippen LogP contribution in [0.5, 0.6) is 0 Å². The van der Waals surface area contributed by atoms with Crippen LogP contribution < -0.4 is 5.32 Å². The van der Waals surface area contributed by atoms with E-state index in [0.717, 1.165) is 18.4 Å². The predicted molar refractivity (Wildman–Crippen MR) is 104 cm³/mol. The van der Waals surface area contributed by atoms with Crippen LogP contribution in [-0.2, 0) is 20.7 Å². The number of carbonyl (C=O) groups is 2. The summed E-state index contributed by atoms with van der Waals surface area (Å²) in [6.45, 7) is 1.64. The largest absolute Gasteiger partial charge is 0.452 e. The van der Waals surface area contributed by atoms with E-state index in [1.165, 1.54) is 11.6 Å². The highest BCUT2D eigenvalue weighted by Gasteiger charge is 2.09. The van der Waals surface area contributed by atoms with Crippen LogP contribution in [-0.4, -0.2) is 24.5 Å². The molecule has 26 heavy (non-hydrogen) atoms. The van der Waals surface area contributed by atoms with Gasteiger partial charge in [0, 0.05) is 17.1 Å². The Bertz CT molecular complexity index is 759. The summed E-state index contributed by atoms with van der Waals surface area (Å²) in [5, 5.41) is 3.42. The SMILES string of the molecule is CC(CCc1ccccc1)NC(=O)COC(=O)C=Cc1cccc(Cl)c1. The Morgan fingerprint density at radius 1 is 1.15 bits per heavy atom. The van der Waals surface area contributed by atoms with Crippen LogP contribution in [0, 0.1) is 0 Å². The van der Waals surface area contributed by atoms with Crippen molar-refractivity contribution in [2.45, 2.75) is 25.8 Å². The van der Waals surface area contributed by atoms with Gasteiger partial charge in [-0.25, -0.2) is 4.79 Å². The highest BCUT2D eigenvalue weighted by Crippen LogP contribution is 2.11. The van der Waals surface area contributed by atoms with Crippen LogP contribution in [0.15, 0.2) is 60.7 Å². The van der Waals surface area contributed by atoms with E-state index < -0.39 is 5.97 Å². The first-order chi connectivity index (χ1) is 12.5. The Kier molecular flexibility index (Phi) is 7.90. The fraction of sp³-hybridized carbons (Fsp3) is 0.238. The van der Waals surface area contributed by atoms with Crippen molar-refractivity contribution in [3.8, 4) is 0 Å². The Labute approximate surface area is 158 Å². The quantitative estimate of drug-likeness (QED) is 0.563. The molecule has 0 aromatic heterocycles. The van der Waals surface area contributed by atoms with Crippen LogP contribution >= 0.6 is 11.6 Å². The second kappa shape index (κ2) is 10.4. The third kappa shape index (κ3) is 7.53. The third-order valence-electron chi connectivity index (χ3n) is 3.72. The van der Waals surface area contributed by atoms with Crippen LogP contribution in [0.4, 0.5) is 0 Å². The highest BCUT2D eigenvalue weighted by atomic mass is 35.5. The van der Waals surface area contributed by atoms with Crippen molar-refractivity contribution in [2.24, 2.45) is 0 Å². The molecule has 1 atom stereocenters. The average Bonchev–Trinajstić information content (AvgIpc) is 2.64. The van der Waals surface area contributed by atoms with Crippen LogP contribution in [0.3, 0.4) is 0 Å². The second-order valence-electron chi connectivity index (χ2n) is 5.99. The molecule has 1 amide bonds. The van der Waals surface area contributed by atoms with Crippen LogP contribution in [0.2, 0.25) is 5.02 Å². The number of nitrogens with one attached hydrogen (secondary N) is 1. The Morgan fingerprint density at radius 2 is 1.92 bits per heavy atom. The summed E-state index contributed by atoms with van der Waals surface area (Å²) in [6, 6.07) is 17.2. The normalized spacial score (nSPS) is 11.9. The zero-order valence-corrected chi connectivity index (χ0v) is 15.4. The molecule has 0 aliphatic carbocycles. The van der Waals surface area contributed by atoms with Gasteiger partial charge < -0.3 is 10.1 Å². The maximum Gasteiger partial charge on any atom is 0.331 e. The number of hydrogen-bond acceptors (Lipinski definition) is 3. The standard InChI is InChI=1S/C21H22ClNO3/c1-16(10-11-17-6-3-2-4-7-17)23-20(24)15-26-21(25)13-12-18-8-5-9-19(22)14-18/h2-9,12-14,16H,10-11,15H2,1H3,(H,23,24). The van der Waals surface area contributed by atoms with E-state index in [-0.39, 0.29) is 18.6 Å². The van der Waals surface area contributed by atoms with Crippen molar-refractivity contribution >= 4 is 29.6 Å². The number of benzene rings is 2. The summed E-state index contributed by atoms with van der Waals surface area (Å²) < 4.78 is 4.95. The van der Waals surface area contributed by atoms with E-state index in [0.29, 0.717) is 5.02 Å². The van der Waals surface area contributed by atoms with Crippen molar-refractivity contribution in [2.75, 3.05) is 6.61 Å². The number of halogens is 1. The molecule has 1 unspecified atom stereocenters. The Balaban J connectivity index is 1.68. The average molecular weight is 372 g/mol. The summed E-state index contributed by atoms with van der Waals surface area (Å²) >= 11 is 5.87. The number of amides is 1. The molecule has 0 saturated heterocycles. The molecule has 136 valence electrons. The van der Waals surface area contributed by atoms with E-state index in [4.69, 9.17) is 16.3 Å². The van der Waals surface area contributed by atoms with Gasteiger partial charge in [0.25, 0.3) is 5.91 Å². The van der Waals surface area contributed by atoms with E-state index in [9.17, 15) is 9.59 Å². The van der Waals surface area contributed by atoms with Crippen molar-refractivity contribution < 1.29 is 14.3 Å². The maximum absolute atomic E-state index is 11.9. The molecule has 0 aliphatic heterocycles. The predicted octanol–water partition coefficient (Wildman–Crippen LogP) is 4.03. The van der Waals surface area contributed by atoms with Gasteiger partial charge in [-0.05, 0) is 49.1 Å². The molecule has 0 aliphatic rings. The van der Waals surface area contributed by atoms with Gasteiger partial charge >= 0.3 is 5.97 Å². The number of aryl methyl sites for hydroxylation is 1. The summed E-state index contributed by atoms with van der Waals surface area (Å²) in [5.41, 5.74) is 2.01. The molecule has 0 heterocycles. The fourth-order valence-corrected chi connectivity index (χ4v) is 2.57. The molecule has 4 nitrogen and oxygen atoms in total. The molecule has 0 radical (unpaired) electrons. The van der Waals surface area contributed by atoms with E-state index in [2.05, 4.69) is 17.4 Å². The lowest BCUT2D eigenvalue weighted by molar-refractivity contribution is -0.144. The minimum atomic E-state index is -0.572. The first kappa shape index (κ1) is 19.7. The zero-order chi connectivity index (χ0) is 18.8. The first-order valence-corrected chi connectivity index (χ1v) is 8.84. The maximum atomic E-state index is 11.9. The highest BCUT2D eigenvalue weighted by molar-refractivity contribution is 6.30. The summed E-state index contributed by atoms with van der Waals surface area (Å²) in [7, 11) is 0. The van der Waals surface area contributed by atoms with E-state index in [1.807, 2.05) is 31.2 Å². The molecule has 2 aromatic rings. The molecule has 0 spiro atoms. The van der Waals surface area contributed by atoms with Crippen LogP contribution in [0.25, 0.3) is 6.08 Å². The number of hydrogen-bond donors (Lipinski definition) is 1. The van der Waals surface area contributed by atoms with E-state index >= 15 is 0 Å². The lowest BCUT2D eigenvalue weighted by atomic mass is 10.1. The second-order valence-corrected chi connectivity index (χ2v) is 6.43. The number of ether oxygens (including phenoxy) is 1. The van der Waals surface area contributed by atoms with Gasteiger partial charge in [-0.3, -0.25) is 4.79 Å². The molecule has 5 heteroatoms. The minimum absolute atomic E-state index is 0.00316.